The lowest BCUT2D eigenvalue weighted by Crippen LogP contribution is -2.31. The molecule has 0 spiro atoms. The quantitative estimate of drug-likeness (QED) is 0.870. The van der Waals surface area contributed by atoms with Gasteiger partial charge in [-0.05, 0) is 22.9 Å². The molecule has 2 heterocycles. The van der Waals surface area contributed by atoms with Crippen LogP contribution in [0.25, 0.3) is 0 Å². The van der Waals surface area contributed by atoms with Crippen molar-refractivity contribution in [1.82, 2.24) is 20.0 Å². The average Bonchev–Trinajstić information content (AvgIpc) is 2.78. The number of halogens is 4. The van der Waals surface area contributed by atoms with Crippen molar-refractivity contribution in [3.05, 3.63) is 38.5 Å². The van der Waals surface area contributed by atoms with E-state index in [9.17, 15) is 18.0 Å². The minimum atomic E-state index is -4.50. The zero-order chi connectivity index (χ0) is 15.6. The topological polar surface area (TPSA) is 75.6 Å². The van der Waals surface area contributed by atoms with Crippen LogP contribution in [0.2, 0.25) is 0 Å². The fourth-order valence-corrected chi connectivity index (χ4v) is 2.06. The summed E-state index contributed by atoms with van der Waals surface area (Å²) in [7, 11) is 0. The van der Waals surface area contributed by atoms with E-state index < -0.39 is 18.3 Å². The van der Waals surface area contributed by atoms with Gasteiger partial charge in [-0.25, -0.2) is 4.68 Å². The Bertz CT molecular complexity index is 694. The molecule has 0 aliphatic heterocycles. The molecule has 0 aromatic carbocycles. The summed E-state index contributed by atoms with van der Waals surface area (Å²) in [6.07, 6.45) is -1.71. The second kappa shape index (κ2) is 5.88. The van der Waals surface area contributed by atoms with Gasteiger partial charge in [0.25, 0.3) is 5.56 Å². The summed E-state index contributed by atoms with van der Waals surface area (Å²) in [5, 5.41) is 13.0. The SMILES string of the molecule is Cc1[nH]ncc1CNc1cnn(CC(F)(F)F)c(=O)c1Br. The molecule has 2 aromatic rings. The van der Waals surface area contributed by atoms with Crippen LogP contribution >= 0.6 is 15.9 Å². The van der Waals surface area contributed by atoms with E-state index in [1.54, 1.807) is 6.20 Å². The Morgan fingerprint density at radius 2 is 2.14 bits per heavy atom. The van der Waals surface area contributed by atoms with Crippen molar-refractivity contribution in [3.8, 4) is 0 Å². The summed E-state index contributed by atoms with van der Waals surface area (Å²) in [5.74, 6) is 0. The highest BCUT2D eigenvalue weighted by Crippen LogP contribution is 2.20. The summed E-state index contributed by atoms with van der Waals surface area (Å²) in [5.41, 5.74) is 1.21. The third-order valence-corrected chi connectivity index (χ3v) is 3.48. The van der Waals surface area contributed by atoms with Crippen LogP contribution in [0.15, 0.2) is 21.7 Å². The number of alkyl halides is 3. The van der Waals surface area contributed by atoms with Gasteiger partial charge in [-0.15, -0.1) is 0 Å². The lowest BCUT2D eigenvalue weighted by Gasteiger charge is -2.11. The Labute approximate surface area is 125 Å². The summed E-state index contributed by atoms with van der Waals surface area (Å²) < 4.78 is 37.2. The number of aromatic nitrogens is 4. The number of anilines is 1. The Morgan fingerprint density at radius 3 is 2.71 bits per heavy atom. The summed E-state index contributed by atoms with van der Waals surface area (Å²) in [6, 6.07) is 0. The first kappa shape index (κ1) is 15.5. The van der Waals surface area contributed by atoms with Gasteiger partial charge in [0.15, 0.2) is 0 Å². The molecular weight excluding hydrogens is 355 g/mol. The zero-order valence-corrected chi connectivity index (χ0v) is 12.4. The van der Waals surface area contributed by atoms with Crippen LogP contribution in [-0.2, 0) is 13.1 Å². The lowest BCUT2D eigenvalue weighted by molar-refractivity contribution is -0.143. The Morgan fingerprint density at radius 1 is 1.43 bits per heavy atom. The van der Waals surface area contributed by atoms with Gasteiger partial charge in [0.1, 0.15) is 11.0 Å². The van der Waals surface area contributed by atoms with Gasteiger partial charge < -0.3 is 5.32 Å². The summed E-state index contributed by atoms with van der Waals surface area (Å²) >= 11 is 2.99. The molecule has 21 heavy (non-hydrogen) atoms. The third kappa shape index (κ3) is 3.84. The predicted molar refractivity (Wildman–Crippen MR) is 72.9 cm³/mol. The first-order valence-corrected chi connectivity index (χ1v) is 6.62. The van der Waals surface area contributed by atoms with E-state index in [1.807, 2.05) is 6.92 Å². The number of hydrogen-bond acceptors (Lipinski definition) is 4. The van der Waals surface area contributed by atoms with E-state index in [4.69, 9.17) is 0 Å². The normalized spacial score (nSPS) is 11.7. The van der Waals surface area contributed by atoms with Gasteiger partial charge in [0.2, 0.25) is 0 Å². The molecule has 0 aliphatic rings. The molecule has 114 valence electrons. The average molecular weight is 366 g/mol. The lowest BCUT2D eigenvalue weighted by atomic mass is 10.2. The molecule has 0 saturated carbocycles. The molecule has 10 heteroatoms. The van der Waals surface area contributed by atoms with Crippen molar-refractivity contribution in [2.45, 2.75) is 26.2 Å². The van der Waals surface area contributed by atoms with Crippen LogP contribution in [0, 0.1) is 6.92 Å². The van der Waals surface area contributed by atoms with Crippen LogP contribution < -0.4 is 10.9 Å². The van der Waals surface area contributed by atoms with E-state index in [0.717, 1.165) is 11.3 Å². The molecule has 0 amide bonds. The monoisotopic (exact) mass is 365 g/mol. The molecule has 0 fully saturated rings. The Balaban J connectivity index is 2.17. The molecule has 0 bridgehead atoms. The fraction of sp³-hybridized carbons (Fsp3) is 0.364. The van der Waals surface area contributed by atoms with E-state index in [1.165, 1.54) is 6.20 Å². The molecular formula is C11H11BrF3N5O. The Kier molecular flexibility index (Phi) is 4.35. The molecule has 0 aliphatic carbocycles. The fourth-order valence-electron chi connectivity index (χ4n) is 1.62. The second-order valence-electron chi connectivity index (χ2n) is 4.32. The van der Waals surface area contributed by atoms with Gasteiger partial charge in [-0.1, -0.05) is 0 Å². The van der Waals surface area contributed by atoms with E-state index >= 15 is 0 Å². The number of nitrogens with one attached hydrogen (secondary N) is 2. The summed E-state index contributed by atoms with van der Waals surface area (Å²) in [4.78, 5) is 11.8. The minimum Gasteiger partial charge on any atom is -0.378 e. The highest BCUT2D eigenvalue weighted by atomic mass is 79.9. The van der Waals surface area contributed by atoms with Crippen molar-refractivity contribution in [3.63, 3.8) is 0 Å². The molecule has 0 saturated heterocycles. The van der Waals surface area contributed by atoms with Crippen LogP contribution in [0.4, 0.5) is 18.9 Å². The van der Waals surface area contributed by atoms with Crippen molar-refractivity contribution >= 4 is 21.6 Å². The van der Waals surface area contributed by atoms with Crippen LogP contribution in [0.1, 0.15) is 11.3 Å². The molecule has 0 atom stereocenters. The maximum absolute atomic E-state index is 12.3. The standard InChI is InChI=1S/C11H11BrF3N5O/c1-6-7(3-17-19-6)2-16-8-4-18-20(5-11(13,14)15)10(21)9(8)12/h3-4,16H,2,5H2,1H3,(H,17,19). The number of nitrogens with zero attached hydrogens (tertiary/aromatic N) is 3. The number of hydrogen-bond donors (Lipinski definition) is 2. The molecule has 2 rings (SSSR count). The maximum Gasteiger partial charge on any atom is 0.408 e. The van der Waals surface area contributed by atoms with Gasteiger partial charge >= 0.3 is 6.18 Å². The highest BCUT2D eigenvalue weighted by molar-refractivity contribution is 9.10. The molecule has 0 radical (unpaired) electrons. The molecule has 2 N–H and O–H groups in total. The molecule has 0 unspecified atom stereocenters. The smallest absolute Gasteiger partial charge is 0.378 e. The van der Waals surface area contributed by atoms with E-state index in [0.29, 0.717) is 16.9 Å². The minimum absolute atomic E-state index is 0.00268. The van der Waals surface area contributed by atoms with E-state index in [-0.39, 0.29) is 4.47 Å². The first-order valence-electron chi connectivity index (χ1n) is 5.83. The van der Waals surface area contributed by atoms with Crippen LogP contribution in [-0.4, -0.2) is 26.2 Å². The van der Waals surface area contributed by atoms with Crippen molar-refractivity contribution in [2.75, 3.05) is 5.32 Å². The predicted octanol–water partition coefficient (Wildman–Crippen LogP) is 2.21. The largest absolute Gasteiger partial charge is 0.408 e. The highest BCUT2D eigenvalue weighted by Gasteiger charge is 2.29. The van der Waals surface area contributed by atoms with Gasteiger partial charge in [0.05, 0.1) is 18.1 Å². The molecule has 6 nitrogen and oxygen atoms in total. The van der Waals surface area contributed by atoms with Crippen LogP contribution in [0.3, 0.4) is 0 Å². The number of rotatable bonds is 4. The van der Waals surface area contributed by atoms with Gasteiger partial charge in [-0.2, -0.15) is 23.4 Å². The first-order chi connectivity index (χ1) is 9.78. The maximum atomic E-state index is 12.3. The second-order valence-corrected chi connectivity index (χ2v) is 5.12. The number of H-pyrrole nitrogens is 1. The number of aryl methyl sites for hydroxylation is 1. The number of aromatic amines is 1. The zero-order valence-electron chi connectivity index (χ0n) is 10.8. The van der Waals surface area contributed by atoms with E-state index in [2.05, 4.69) is 36.5 Å². The van der Waals surface area contributed by atoms with Crippen molar-refractivity contribution in [2.24, 2.45) is 0 Å². The van der Waals surface area contributed by atoms with Gasteiger partial charge in [-0.3, -0.25) is 9.89 Å². The summed E-state index contributed by atoms with van der Waals surface area (Å²) in [6.45, 7) is 0.773. The van der Waals surface area contributed by atoms with Crippen molar-refractivity contribution in [1.29, 1.82) is 0 Å². The third-order valence-electron chi connectivity index (χ3n) is 2.72. The van der Waals surface area contributed by atoms with Gasteiger partial charge in [0, 0.05) is 17.8 Å². The molecule has 2 aromatic heterocycles. The van der Waals surface area contributed by atoms with Crippen molar-refractivity contribution < 1.29 is 13.2 Å². The van der Waals surface area contributed by atoms with Crippen LogP contribution in [0.5, 0.6) is 0 Å². The Hall–Kier alpha value is -1.84.